The third-order valence-electron chi connectivity index (χ3n) is 2.09. The molecule has 0 fully saturated rings. The zero-order chi connectivity index (χ0) is 11.9. The average Bonchev–Trinajstić information content (AvgIpc) is 2.25. The van der Waals surface area contributed by atoms with Gasteiger partial charge in [-0.2, -0.15) is 0 Å². The summed E-state index contributed by atoms with van der Waals surface area (Å²) in [6.07, 6.45) is 1.02. The molecule has 0 unspecified atom stereocenters. The molecule has 0 saturated carbocycles. The van der Waals surface area contributed by atoms with E-state index in [0.29, 0.717) is 6.07 Å². The number of fused-ring (bicyclic) bond motifs is 1. The minimum Gasteiger partial charge on any atom is -0.478 e. The van der Waals surface area contributed by atoms with Gasteiger partial charge in [-0.3, -0.25) is 4.98 Å². The van der Waals surface area contributed by atoms with Crippen molar-refractivity contribution in [2.24, 2.45) is 0 Å². The van der Waals surface area contributed by atoms with Gasteiger partial charge in [-0.05, 0) is 6.07 Å². The van der Waals surface area contributed by atoms with Crippen molar-refractivity contribution in [2.45, 2.75) is 0 Å². The van der Waals surface area contributed by atoms with Gasteiger partial charge in [0.05, 0.1) is 10.9 Å². The molecule has 0 aliphatic heterocycles. The van der Waals surface area contributed by atoms with E-state index in [0.717, 1.165) is 12.3 Å². The van der Waals surface area contributed by atoms with E-state index in [2.05, 4.69) is 4.98 Å². The number of benzene rings is 1. The quantitative estimate of drug-likeness (QED) is 0.760. The number of pyridine rings is 1. The van der Waals surface area contributed by atoms with Crippen molar-refractivity contribution in [3.8, 4) is 0 Å². The molecule has 16 heavy (non-hydrogen) atoms. The number of carboxylic acid groups (broad SMARTS) is 1. The van der Waals surface area contributed by atoms with E-state index in [1.54, 1.807) is 0 Å². The Morgan fingerprint density at radius 1 is 1.25 bits per heavy atom. The van der Waals surface area contributed by atoms with Gasteiger partial charge >= 0.3 is 5.97 Å². The molecule has 1 aromatic carbocycles. The highest BCUT2D eigenvalue weighted by Crippen LogP contribution is 2.25. The molecule has 0 aliphatic carbocycles. The molecule has 0 aliphatic rings. The molecule has 1 N–H and O–H groups in total. The van der Waals surface area contributed by atoms with Crippen molar-refractivity contribution in [3.05, 3.63) is 41.3 Å². The van der Waals surface area contributed by atoms with Crippen LogP contribution in [0.4, 0.5) is 13.2 Å². The molecule has 82 valence electrons. The lowest BCUT2D eigenvalue weighted by molar-refractivity contribution is 0.0698. The maximum atomic E-state index is 13.4. The normalized spacial score (nSPS) is 10.7. The molecule has 6 heteroatoms. The lowest BCUT2D eigenvalue weighted by Gasteiger charge is -2.04. The van der Waals surface area contributed by atoms with Crippen LogP contribution in [0.3, 0.4) is 0 Å². The lowest BCUT2D eigenvalue weighted by atomic mass is 10.1. The van der Waals surface area contributed by atoms with Crippen LogP contribution < -0.4 is 0 Å². The molecule has 0 radical (unpaired) electrons. The van der Waals surface area contributed by atoms with Crippen LogP contribution in [0.25, 0.3) is 10.9 Å². The molecule has 0 bridgehead atoms. The topological polar surface area (TPSA) is 50.2 Å². The molecule has 3 nitrogen and oxygen atoms in total. The third-order valence-corrected chi connectivity index (χ3v) is 2.09. The summed E-state index contributed by atoms with van der Waals surface area (Å²) in [5.74, 6) is -5.43. The van der Waals surface area contributed by atoms with E-state index in [1.165, 1.54) is 0 Å². The molecule has 1 aromatic heterocycles. The van der Waals surface area contributed by atoms with E-state index in [9.17, 15) is 18.0 Å². The molecular formula is C10H4F3NO2. The summed E-state index contributed by atoms with van der Waals surface area (Å²) in [7, 11) is 0. The van der Waals surface area contributed by atoms with Crippen molar-refractivity contribution in [1.29, 1.82) is 0 Å². The fourth-order valence-electron chi connectivity index (χ4n) is 1.41. The van der Waals surface area contributed by atoms with Crippen molar-refractivity contribution >= 4 is 16.9 Å². The van der Waals surface area contributed by atoms with Gasteiger partial charge in [-0.1, -0.05) is 0 Å². The van der Waals surface area contributed by atoms with E-state index >= 15 is 0 Å². The molecule has 1 heterocycles. The summed E-state index contributed by atoms with van der Waals surface area (Å²) in [4.78, 5) is 14.2. The second-order valence-electron chi connectivity index (χ2n) is 3.04. The number of hydrogen-bond acceptors (Lipinski definition) is 2. The van der Waals surface area contributed by atoms with Gasteiger partial charge in [-0.25, -0.2) is 18.0 Å². The number of hydrogen-bond donors (Lipinski definition) is 1. The van der Waals surface area contributed by atoms with Crippen LogP contribution in [0.15, 0.2) is 18.3 Å². The van der Waals surface area contributed by atoms with Gasteiger partial charge in [0.15, 0.2) is 17.5 Å². The summed E-state index contributed by atoms with van der Waals surface area (Å²) in [5.41, 5.74) is -1.03. The monoisotopic (exact) mass is 227 g/mol. The number of carbonyl (C=O) groups is 1. The highest BCUT2D eigenvalue weighted by Gasteiger charge is 2.19. The minimum absolute atomic E-state index is 0.330. The van der Waals surface area contributed by atoms with Crippen LogP contribution in [0, 0.1) is 17.5 Å². The van der Waals surface area contributed by atoms with Gasteiger partial charge in [0, 0.05) is 12.3 Å². The maximum Gasteiger partial charge on any atom is 0.336 e. The minimum atomic E-state index is -1.48. The molecule has 2 aromatic rings. The summed E-state index contributed by atoms with van der Waals surface area (Å²) in [6, 6.07) is 1.31. The van der Waals surface area contributed by atoms with Crippen LogP contribution in [0.5, 0.6) is 0 Å². The van der Waals surface area contributed by atoms with Crippen molar-refractivity contribution < 1.29 is 23.1 Å². The first-order valence-corrected chi connectivity index (χ1v) is 4.18. The van der Waals surface area contributed by atoms with Crippen molar-refractivity contribution in [3.63, 3.8) is 0 Å². The Morgan fingerprint density at radius 2 is 1.94 bits per heavy atom. The largest absolute Gasteiger partial charge is 0.478 e. The van der Waals surface area contributed by atoms with Crippen LogP contribution >= 0.6 is 0 Å². The Balaban J connectivity index is 3.01. The molecular weight excluding hydrogens is 223 g/mol. The number of aromatic carboxylic acids is 1. The van der Waals surface area contributed by atoms with E-state index < -0.39 is 39.9 Å². The van der Waals surface area contributed by atoms with E-state index in [-0.39, 0.29) is 0 Å². The Hall–Kier alpha value is -2.11. The fraction of sp³-hybridized carbons (Fsp3) is 0. The first-order chi connectivity index (χ1) is 7.52. The van der Waals surface area contributed by atoms with Gasteiger partial charge < -0.3 is 5.11 Å². The standard InChI is InChI=1S/C10H4F3NO2/c11-5-3-6(12)9-7(8(5)13)4(10(15)16)1-2-14-9/h1-3H,(H,15,16). The Kier molecular flexibility index (Phi) is 2.26. The van der Waals surface area contributed by atoms with Gasteiger partial charge in [0.1, 0.15) is 5.52 Å². The summed E-state index contributed by atoms with van der Waals surface area (Å²) in [5, 5.41) is 8.09. The number of aromatic nitrogens is 1. The SMILES string of the molecule is O=C(O)c1ccnc2c(F)cc(F)c(F)c12. The second kappa shape index (κ2) is 3.48. The van der Waals surface area contributed by atoms with Crippen LogP contribution in [0.1, 0.15) is 10.4 Å². The highest BCUT2D eigenvalue weighted by atomic mass is 19.2. The molecule has 0 atom stereocenters. The van der Waals surface area contributed by atoms with Crippen molar-refractivity contribution in [2.75, 3.05) is 0 Å². The predicted octanol–water partition coefficient (Wildman–Crippen LogP) is 2.35. The molecule has 0 spiro atoms. The first-order valence-electron chi connectivity index (χ1n) is 4.18. The Bertz CT molecular complexity index is 598. The first kappa shape index (κ1) is 10.4. The number of halogens is 3. The summed E-state index contributed by atoms with van der Waals surface area (Å²) >= 11 is 0. The smallest absolute Gasteiger partial charge is 0.336 e. The second-order valence-corrected chi connectivity index (χ2v) is 3.04. The zero-order valence-corrected chi connectivity index (χ0v) is 7.67. The van der Waals surface area contributed by atoms with Gasteiger partial charge in [0.2, 0.25) is 0 Å². The summed E-state index contributed by atoms with van der Waals surface area (Å²) < 4.78 is 39.5. The average molecular weight is 227 g/mol. The van der Waals surface area contributed by atoms with Crippen LogP contribution in [-0.4, -0.2) is 16.1 Å². The summed E-state index contributed by atoms with van der Waals surface area (Å²) in [6.45, 7) is 0. The van der Waals surface area contributed by atoms with Crippen LogP contribution in [-0.2, 0) is 0 Å². The van der Waals surface area contributed by atoms with Gasteiger partial charge in [-0.15, -0.1) is 0 Å². The van der Waals surface area contributed by atoms with Crippen molar-refractivity contribution in [1.82, 2.24) is 4.98 Å². The van der Waals surface area contributed by atoms with Gasteiger partial charge in [0.25, 0.3) is 0 Å². The lowest BCUT2D eigenvalue weighted by Crippen LogP contribution is -2.02. The molecule has 2 rings (SSSR count). The Morgan fingerprint density at radius 3 is 2.56 bits per heavy atom. The van der Waals surface area contributed by atoms with E-state index in [1.807, 2.05) is 0 Å². The van der Waals surface area contributed by atoms with Crippen LogP contribution in [0.2, 0.25) is 0 Å². The molecule has 0 amide bonds. The maximum absolute atomic E-state index is 13.4. The third kappa shape index (κ3) is 1.39. The highest BCUT2D eigenvalue weighted by molar-refractivity contribution is 6.02. The predicted molar refractivity (Wildman–Crippen MR) is 48.6 cm³/mol. The number of carboxylic acids is 1. The zero-order valence-electron chi connectivity index (χ0n) is 7.67. The van der Waals surface area contributed by atoms with E-state index in [4.69, 9.17) is 5.11 Å². The number of rotatable bonds is 1. The Labute approximate surface area is 87.2 Å². The molecule has 0 saturated heterocycles. The number of nitrogens with zero attached hydrogens (tertiary/aromatic N) is 1. The fourth-order valence-corrected chi connectivity index (χ4v) is 1.41.